The minimum Gasteiger partial charge on any atom is -0.342 e. The van der Waals surface area contributed by atoms with Gasteiger partial charge < -0.3 is 4.90 Å². The van der Waals surface area contributed by atoms with Crippen molar-refractivity contribution < 1.29 is 13.2 Å². The highest BCUT2D eigenvalue weighted by atomic mass is 32.2. The first-order valence-electron chi connectivity index (χ1n) is 7.58. The van der Waals surface area contributed by atoms with Crippen LogP contribution in [0.1, 0.15) is 31.7 Å². The van der Waals surface area contributed by atoms with Crippen molar-refractivity contribution in [3.05, 3.63) is 35.9 Å². The minimum atomic E-state index is -3.24. The molecule has 1 saturated heterocycles. The molecule has 0 spiro atoms. The fraction of sp³-hybridized carbons (Fsp3) is 0.562. The van der Waals surface area contributed by atoms with Crippen LogP contribution in [-0.4, -0.2) is 45.1 Å². The highest BCUT2D eigenvalue weighted by molar-refractivity contribution is 7.88. The van der Waals surface area contributed by atoms with Crippen LogP contribution in [0.15, 0.2) is 30.3 Å². The van der Waals surface area contributed by atoms with Crippen molar-refractivity contribution in [3.63, 3.8) is 0 Å². The molecule has 0 unspecified atom stereocenters. The maximum Gasteiger partial charge on any atom is 0.223 e. The fourth-order valence-corrected chi connectivity index (χ4v) is 3.50. The number of benzene rings is 1. The molecule has 1 aromatic rings. The average Bonchev–Trinajstić information content (AvgIpc) is 2.47. The fourth-order valence-electron chi connectivity index (χ4n) is 3.03. The Kier molecular flexibility index (Phi) is 5.24. The molecular formula is C16H24N2O3S. The van der Waals surface area contributed by atoms with E-state index < -0.39 is 10.0 Å². The molecular weight excluding hydrogens is 300 g/mol. The van der Waals surface area contributed by atoms with E-state index in [1.807, 2.05) is 23.1 Å². The molecule has 22 heavy (non-hydrogen) atoms. The maximum atomic E-state index is 12.3. The molecule has 1 aliphatic heterocycles. The Labute approximate surface area is 132 Å². The third kappa shape index (κ3) is 4.55. The highest BCUT2D eigenvalue weighted by Crippen LogP contribution is 2.33. The van der Waals surface area contributed by atoms with Crippen LogP contribution in [0, 0.1) is 0 Å². The van der Waals surface area contributed by atoms with Crippen LogP contribution in [0.4, 0.5) is 0 Å². The number of nitrogens with one attached hydrogen (secondary N) is 1. The molecule has 2 rings (SSSR count). The van der Waals surface area contributed by atoms with Crippen molar-refractivity contribution in [2.75, 3.05) is 25.9 Å². The summed E-state index contributed by atoms with van der Waals surface area (Å²) in [7, 11) is -3.24. The number of carbonyl (C=O) groups excluding carboxylic acids is 1. The Morgan fingerprint density at radius 3 is 2.64 bits per heavy atom. The van der Waals surface area contributed by atoms with Gasteiger partial charge in [0, 0.05) is 31.5 Å². The van der Waals surface area contributed by atoms with E-state index >= 15 is 0 Å². The summed E-state index contributed by atoms with van der Waals surface area (Å²) in [6.07, 6.45) is 3.34. The molecule has 5 nitrogen and oxygen atoms in total. The zero-order valence-electron chi connectivity index (χ0n) is 13.2. The molecule has 1 amide bonds. The lowest BCUT2D eigenvalue weighted by Gasteiger charge is -2.41. The number of piperidine rings is 1. The standard InChI is InChI=1S/C16H24N2O3S/c1-16(14-7-4-3-5-8-14)10-6-12-18(13-16)15(19)9-11-17-22(2,20)21/h3-5,7-8,17H,6,9-13H2,1-2H3/t16-/m0/s1. The molecule has 1 atom stereocenters. The van der Waals surface area contributed by atoms with Crippen LogP contribution in [0.3, 0.4) is 0 Å². The molecule has 1 heterocycles. The molecule has 1 fully saturated rings. The second-order valence-electron chi connectivity index (χ2n) is 6.26. The number of rotatable bonds is 5. The summed E-state index contributed by atoms with van der Waals surface area (Å²) in [4.78, 5) is 14.2. The molecule has 0 bridgehead atoms. The molecule has 0 aromatic heterocycles. The van der Waals surface area contributed by atoms with Gasteiger partial charge in [0.25, 0.3) is 0 Å². The number of amides is 1. The van der Waals surface area contributed by atoms with Gasteiger partial charge in [0.15, 0.2) is 0 Å². The molecule has 1 aliphatic rings. The highest BCUT2D eigenvalue weighted by Gasteiger charge is 2.34. The summed E-state index contributed by atoms with van der Waals surface area (Å²) in [5.41, 5.74) is 1.22. The lowest BCUT2D eigenvalue weighted by molar-refractivity contribution is -0.133. The zero-order valence-corrected chi connectivity index (χ0v) is 14.0. The summed E-state index contributed by atoms with van der Waals surface area (Å²) < 4.78 is 24.5. The molecule has 1 aromatic carbocycles. The summed E-state index contributed by atoms with van der Waals surface area (Å²) in [5.74, 6) is 0.0120. The Balaban J connectivity index is 1.97. The van der Waals surface area contributed by atoms with E-state index in [-0.39, 0.29) is 24.3 Å². The number of hydrogen-bond acceptors (Lipinski definition) is 3. The van der Waals surface area contributed by atoms with Crippen molar-refractivity contribution in [2.24, 2.45) is 0 Å². The Morgan fingerprint density at radius 1 is 1.32 bits per heavy atom. The summed E-state index contributed by atoms with van der Waals surface area (Å²) in [5, 5.41) is 0. The van der Waals surface area contributed by atoms with Crippen LogP contribution < -0.4 is 4.72 Å². The normalized spacial score (nSPS) is 22.5. The van der Waals surface area contributed by atoms with E-state index in [1.54, 1.807) is 0 Å². The second kappa shape index (κ2) is 6.79. The summed E-state index contributed by atoms with van der Waals surface area (Å²) in [6.45, 7) is 3.79. The minimum absolute atomic E-state index is 0.0120. The van der Waals surface area contributed by atoms with E-state index in [4.69, 9.17) is 0 Å². The third-order valence-electron chi connectivity index (χ3n) is 4.22. The first-order chi connectivity index (χ1) is 10.3. The van der Waals surface area contributed by atoms with Crippen LogP contribution >= 0.6 is 0 Å². The summed E-state index contributed by atoms with van der Waals surface area (Å²) in [6, 6.07) is 10.3. The Hall–Kier alpha value is -1.40. The van der Waals surface area contributed by atoms with Gasteiger partial charge in [0.1, 0.15) is 0 Å². The van der Waals surface area contributed by atoms with Gasteiger partial charge in [-0.15, -0.1) is 0 Å². The smallest absolute Gasteiger partial charge is 0.223 e. The van der Waals surface area contributed by atoms with E-state index in [0.29, 0.717) is 6.54 Å². The third-order valence-corrected chi connectivity index (χ3v) is 4.95. The van der Waals surface area contributed by atoms with Gasteiger partial charge in [-0.3, -0.25) is 4.79 Å². The van der Waals surface area contributed by atoms with E-state index in [1.165, 1.54) is 5.56 Å². The number of likely N-dealkylation sites (tertiary alicyclic amines) is 1. The van der Waals surface area contributed by atoms with Crippen molar-refractivity contribution in [3.8, 4) is 0 Å². The van der Waals surface area contributed by atoms with Crippen molar-refractivity contribution in [1.82, 2.24) is 9.62 Å². The number of carbonyl (C=O) groups is 1. The van der Waals surface area contributed by atoms with Gasteiger partial charge >= 0.3 is 0 Å². The van der Waals surface area contributed by atoms with E-state index in [2.05, 4.69) is 23.8 Å². The van der Waals surface area contributed by atoms with Gasteiger partial charge in [-0.25, -0.2) is 13.1 Å². The number of sulfonamides is 1. The maximum absolute atomic E-state index is 12.3. The van der Waals surface area contributed by atoms with Gasteiger partial charge in [0.2, 0.25) is 15.9 Å². The van der Waals surface area contributed by atoms with Crippen molar-refractivity contribution >= 4 is 15.9 Å². The molecule has 0 aliphatic carbocycles. The van der Waals surface area contributed by atoms with Gasteiger partial charge in [-0.1, -0.05) is 37.3 Å². The first-order valence-corrected chi connectivity index (χ1v) is 9.47. The van der Waals surface area contributed by atoms with Crippen molar-refractivity contribution in [1.29, 1.82) is 0 Å². The second-order valence-corrected chi connectivity index (χ2v) is 8.10. The predicted molar refractivity (Wildman–Crippen MR) is 87.1 cm³/mol. The monoisotopic (exact) mass is 324 g/mol. The quantitative estimate of drug-likeness (QED) is 0.893. The predicted octanol–water partition coefficient (Wildman–Crippen LogP) is 1.51. The Morgan fingerprint density at radius 2 is 2.00 bits per heavy atom. The molecule has 0 saturated carbocycles. The summed E-state index contributed by atoms with van der Waals surface area (Å²) >= 11 is 0. The van der Waals surface area contributed by atoms with Crippen molar-refractivity contribution in [2.45, 2.75) is 31.6 Å². The van der Waals surface area contributed by atoms with E-state index in [9.17, 15) is 13.2 Å². The zero-order chi connectivity index (χ0) is 16.2. The molecule has 0 radical (unpaired) electrons. The SMILES string of the molecule is C[C@]1(c2ccccc2)CCCN(C(=O)CCNS(C)(=O)=O)C1. The average molecular weight is 324 g/mol. The number of nitrogens with zero attached hydrogens (tertiary/aromatic N) is 1. The lowest BCUT2D eigenvalue weighted by Crippen LogP contribution is -2.47. The van der Waals surface area contributed by atoms with Crippen LogP contribution in [0.5, 0.6) is 0 Å². The van der Waals surface area contributed by atoms with Crippen LogP contribution in [0.25, 0.3) is 0 Å². The van der Waals surface area contributed by atoms with Crippen LogP contribution in [-0.2, 0) is 20.2 Å². The Bertz CT molecular complexity index is 616. The van der Waals surface area contributed by atoms with Gasteiger partial charge in [-0.05, 0) is 18.4 Å². The van der Waals surface area contributed by atoms with E-state index in [0.717, 1.165) is 25.6 Å². The molecule has 1 N–H and O–H groups in total. The van der Waals surface area contributed by atoms with Gasteiger partial charge in [0.05, 0.1) is 6.26 Å². The lowest BCUT2D eigenvalue weighted by atomic mass is 9.76. The molecule has 122 valence electrons. The topological polar surface area (TPSA) is 66.5 Å². The van der Waals surface area contributed by atoms with Crippen LogP contribution in [0.2, 0.25) is 0 Å². The van der Waals surface area contributed by atoms with Gasteiger partial charge in [-0.2, -0.15) is 0 Å². The number of hydrogen-bond donors (Lipinski definition) is 1. The largest absolute Gasteiger partial charge is 0.342 e. The first kappa shape index (κ1) is 17.0. The molecule has 6 heteroatoms.